The molecule has 1 N–H and O–H groups in total. The molecular formula is C13H13F3N2O2. The number of ether oxygens (including phenoxy) is 1. The summed E-state index contributed by atoms with van der Waals surface area (Å²) in [7, 11) is 0. The van der Waals surface area contributed by atoms with Crippen LogP contribution in [0.1, 0.15) is 18.9 Å². The molecule has 0 saturated carbocycles. The molecule has 0 unspecified atom stereocenters. The van der Waals surface area contributed by atoms with Crippen molar-refractivity contribution in [3.63, 3.8) is 0 Å². The average Bonchev–Trinajstić information content (AvgIpc) is 2.36. The zero-order valence-corrected chi connectivity index (χ0v) is 10.8. The molecule has 4 nitrogen and oxygen atoms in total. The van der Waals surface area contributed by atoms with Crippen LogP contribution in [0.25, 0.3) is 0 Å². The summed E-state index contributed by atoms with van der Waals surface area (Å²) in [6, 6.07) is 2.84. The van der Waals surface area contributed by atoms with Gasteiger partial charge in [0.25, 0.3) is 0 Å². The maximum absolute atomic E-state index is 11.9. The molecule has 0 radical (unpaired) electrons. The summed E-state index contributed by atoms with van der Waals surface area (Å²) in [5.41, 5.74) is 0.562. The van der Waals surface area contributed by atoms with Crippen LogP contribution in [0.4, 0.5) is 13.2 Å². The molecule has 0 aliphatic rings. The van der Waals surface area contributed by atoms with Gasteiger partial charge in [-0.3, -0.25) is 4.79 Å². The van der Waals surface area contributed by atoms with Crippen molar-refractivity contribution in [3.8, 4) is 17.7 Å². The quantitative estimate of drug-likeness (QED) is 0.679. The fraction of sp³-hybridized carbons (Fsp3) is 0.385. The first kappa shape index (κ1) is 15.8. The van der Waals surface area contributed by atoms with Crippen LogP contribution in [-0.4, -0.2) is 30.2 Å². The Hall–Kier alpha value is -2.23. The first-order chi connectivity index (χ1) is 9.37. The Kier molecular flexibility index (Phi) is 5.84. The normalized spacial score (nSPS) is 10.4. The van der Waals surface area contributed by atoms with Crippen molar-refractivity contribution in [1.82, 2.24) is 10.3 Å². The minimum atomic E-state index is -4.39. The van der Waals surface area contributed by atoms with Crippen LogP contribution in [0.3, 0.4) is 0 Å². The molecule has 1 amide bonds. The number of hydrogen-bond acceptors (Lipinski definition) is 3. The molecule has 0 atom stereocenters. The number of hydrogen-bond donors (Lipinski definition) is 1. The molecular weight excluding hydrogens is 273 g/mol. The van der Waals surface area contributed by atoms with Crippen LogP contribution in [0.15, 0.2) is 18.3 Å². The second-order valence-electron chi connectivity index (χ2n) is 3.82. The number of carbonyl (C=O) groups excluding carboxylic acids is 1. The van der Waals surface area contributed by atoms with Gasteiger partial charge < -0.3 is 10.1 Å². The molecule has 1 aromatic heterocycles. The molecule has 108 valence electrons. The molecule has 1 heterocycles. The number of alkyl halides is 3. The van der Waals surface area contributed by atoms with Crippen molar-refractivity contribution in [2.24, 2.45) is 0 Å². The van der Waals surface area contributed by atoms with Crippen LogP contribution in [0.2, 0.25) is 0 Å². The lowest BCUT2D eigenvalue weighted by molar-refractivity contribution is -0.154. The third kappa shape index (κ3) is 7.26. The highest BCUT2D eigenvalue weighted by Gasteiger charge is 2.28. The molecule has 20 heavy (non-hydrogen) atoms. The van der Waals surface area contributed by atoms with Gasteiger partial charge in [-0.25, -0.2) is 4.98 Å². The second kappa shape index (κ2) is 7.38. The van der Waals surface area contributed by atoms with Crippen molar-refractivity contribution >= 4 is 5.91 Å². The van der Waals surface area contributed by atoms with Crippen LogP contribution in [-0.2, 0) is 4.79 Å². The maximum atomic E-state index is 11.9. The SMILES string of the molecule is CC(=O)NCCC#Cc1ccc(OCC(F)(F)F)nc1. The number of amides is 1. The molecule has 0 aromatic carbocycles. The fourth-order valence-corrected chi connectivity index (χ4v) is 1.16. The molecule has 0 aliphatic carbocycles. The summed E-state index contributed by atoms with van der Waals surface area (Å²) >= 11 is 0. The predicted octanol–water partition coefficient (Wildman–Crippen LogP) is 1.90. The van der Waals surface area contributed by atoms with Gasteiger partial charge in [-0.15, -0.1) is 0 Å². The third-order valence-corrected chi connectivity index (χ3v) is 1.98. The van der Waals surface area contributed by atoms with E-state index in [1.807, 2.05) is 0 Å². The summed E-state index contributed by atoms with van der Waals surface area (Å²) in [4.78, 5) is 14.3. The van der Waals surface area contributed by atoms with Gasteiger partial charge in [0.2, 0.25) is 11.8 Å². The maximum Gasteiger partial charge on any atom is 0.422 e. The zero-order valence-electron chi connectivity index (χ0n) is 10.8. The van der Waals surface area contributed by atoms with E-state index in [-0.39, 0.29) is 11.8 Å². The molecule has 0 saturated heterocycles. The second-order valence-corrected chi connectivity index (χ2v) is 3.82. The van der Waals surface area contributed by atoms with E-state index in [9.17, 15) is 18.0 Å². The Balaban J connectivity index is 2.42. The van der Waals surface area contributed by atoms with E-state index < -0.39 is 12.8 Å². The van der Waals surface area contributed by atoms with E-state index in [1.54, 1.807) is 0 Å². The summed E-state index contributed by atoms with van der Waals surface area (Å²) < 4.78 is 40.2. The molecule has 7 heteroatoms. The van der Waals surface area contributed by atoms with Crippen molar-refractivity contribution < 1.29 is 22.7 Å². The number of halogens is 3. The van der Waals surface area contributed by atoms with Gasteiger partial charge in [0.05, 0.1) is 0 Å². The van der Waals surface area contributed by atoms with Gasteiger partial charge in [-0.05, 0) is 6.07 Å². The topological polar surface area (TPSA) is 51.2 Å². The van der Waals surface area contributed by atoms with E-state index in [2.05, 4.69) is 26.9 Å². The largest absolute Gasteiger partial charge is 0.468 e. The first-order valence-electron chi connectivity index (χ1n) is 5.76. The van der Waals surface area contributed by atoms with Crippen LogP contribution < -0.4 is 10.1 Å². The summed E-state index contributed by atoms with van der Waals surface area (Å²) in [5.74, 6) is 5.35. The highest BCUT2D eigenvalue weighted by atomic mass is 19.4. The summed E-state index contributed by atoms with van der Waals surface area (Å²) in [5, 5.41) is 2.59. The van der Waals surface area contributed by atoms with Crippen LogP contribution in [0.5, 0.6) is 5.88 Å². The number of rotatable bonds is 4. The Bertz CT molecular complexity index is 501. The highest BCUT2D eigenvalue weighted by molar-refractivity contribution is 5.72. The lowest BCUT2D eigenvalue weighted by Gasteiger charge is -2.07. The monoisotopic (exact) mass is 286 g/mol. The molecule has 0 spiro atoms. The lowest BCUT2D eigenvalue weighted by Crippen LogP contribution is -2.20. The Morgan fingerprint density at radius 3 is 2.75 bits per heavy atom. The van der Waals surface area contributed by atoms with Gasteiger partial charge in [0, 0.05) is 37.7 Å². The van der Waals surface area contributed by atoms with E-state index in [0.29, 0.717) is 18.5 Å². The van der Waals surface area contributed by atoms with Gasteiger partial charge >= 0.3 is 6.18 Å². The number of aromatic nitrogens is 1. The van der Waals surface area contributed by atoms with Crippen LogP contribution >= 0.6 is 0 Å². The Labute approximate surface area is 114 Å². The van der Waals surface area contributed by atoms with Gasteiger partial charge in [0.1, 0.15) is 0 Å². The smallest absolute Gasteiger partial charge is 0.422 e. The molecule has 1 aromatic rings. The van der Waals surface area contributed by atoms with Crippen molar-refractivity contribution in [2.45, 2.75) is 19.5 Å². The third-order valence-electron chi connectivity index (χ3n) is 1.98. The first-order valence-corrected chi connectivity index (χ1v) is 5.76. The van der Waals surface area contributed by atoms with Crippen molar-refractivity contribution in [1.29, 1.82) is 0 Å². The standard InChI is InChI=1S/C13H13F3N2O2/c1-10(19)17-7-3-2-4-11-5-6-12(18-8-11)20-9-13(14,15)16/h5-6,8H,3,7,9H2,1H3,(H,17,19). The van der Waals surface area contributed by atoms with E-state index >= 15 is 0 Å². The minimum Gasteiger partial charge on any atom is -0.468 e. The summed E-state index contributed by atoms with van der Waals surface area (Å²) in [6.07, 6.45) is -2.58. The highest BCUT2D eigenvalue weighted by Crippen LogP contribution is 2.16. The average molecular weight is 286 g/mol. The molecule has 0 fully saturated rings. The van der Waals surface area contributed by atoms with Gasteiger partial charge in [0.15, 0.2) is 6.61 Å². The predicted molar refractivity (Wildman–Crippen MR) is 66.0 cm³/mol. The lowest BCUT2D eigenvalue weighted by atomic mass is 10.3. The van der Waals surface area contributed by atoms with Gasteiger partial charge in [-0.2, -0.15) is 13.2 Å². The van der Waals surface area contributed by atoms with E-state index in [4.69, 9.17) is 0 Å². The molecule has 0 aliphatic heterocycles. The Morgan fingerprint density at radius 1 is 1.45 bits per heavy atom. The Morgan fingerprint density at radius 2 is 2.20 bits per heavy atom. The fourth-order valence-electron chi connectivity index (χ4n) is 1.16. The minimum absolute atomic E-state index is 0.105. The molecule has 1 rings (SSSR count). The molecule has 0 bridgehead atoms. The zero-order chi connectivity index (χ0) is 15.0. The van der Waals surface area contributed by atoms with Crippen molar-refractivity contribution in [2.75, 3.05) is 13.2 Å². The number of carbonyl (C=O) groups is 1. The number of nitrogens with one attached hydrogen (secondary N) is 1. The number of nitrogens with zero attached hydrogens (tertiary/aromatic N) is 1. The van der Waals surface area contributed by atoms with Crippen molar-refractivity contribution in [3.05, 3.63) is 23.9 Å². The van der Waals surface area contributed by atoms with E-state index in [1.165, 1.54) is 25.3 Å². The summed E-state index contributed by atoms with van der Waals surface area (Å²) in [6.45, 7) is 0.487. The van der Waals surface area contributed by atoms with E-state index in [0.717, 1.165) is 0 Å². The van der Waals surface area contributed by atoms with Crippen LogP contribution in [0, 0.1) is 11.8 Å². The number of pyridine rings is 1. The van der Waals surface area contributed by atoms with Gasteiger partial charge in [-0.1, -0.05) is 11.8 Å².